The second-order valence-corrected chi connectivity index (χ2v) is 4.62. The van der Waals surface area contributed by atoms with E-state index in [1.165, 1.54) is 0 Å². The fraction of sp³-hybridized carbons (Fsp3) is 0. The van der Waals surface area contributed by atoms with Gasteiger partial charge in [0, 0.05) is 28.0 Å². The molecule has 0 aliphatic rings. The number of nitrogens with two attached hydrogens (primary N) is 1. The van der Waals surface area contributed by atoms with Gasteiger partial charge in [0.1, 0.15) is 0 Å². The minimum absolute atomic E-state index is 0.686. The average molecular weight is 289 g/mol. The van der Waals surface area contributed by atoms with Crippen molar-refractivity contribution >= 4 is 27.3 Å². The minimum atomic E-state index is 0.686. The Bertz CT molecular complexity index is 690. The van der Waals surface area contributed by atoms with Crippen molar-refractivity contribution in [3.63, 3.8) is 0 Å². The van der Waals surface area contributed by atoms with Gasteiger partial charge in [-0.05, 0) is 18.2 Å². The summed E-state index contributed by atoms with van der Waals surface area (Å²) >= 11 is 3.43. The monoisotopic (exact) mass is 288 g/mol. The second-order valence-electron chi connectivity index (χ2n) is 3.71. The van der Waals surface area contributed by atoms with Crippen LogP contribution in [-0.2, 0) is 0 Å². The van der Waals surface area contributed by atoms with Crippen molar-refractivity contribution in [3.05, 3.63) is 47.1 Å². The summed E-state index contributed by atoms with van der Waals surface area (Å²) in [5, 5.41) is 4.39. The Balaban J connectivity index is 2.18. The maximum atomic E-state index is 5.71. The van der Waals surface area contributed by atoms with Crippen molar-refractivity contribution in [1.82, 2.24) is 14.6 Å². The Kier molecular flexibility index (Phi) is 2.33. The topological polar surface area (TPSA) is 56.2 Å². The van der Waals surface area contributed by atoms with Gasteiger partial charge >= 0.3 is 0 Å². The van der Waals surface area contributed by atoms with E-state index >= 15 is 0 Å². The minimum Gasteiger partial charge on any atom is -0.399 e. The van der Waals surface area contributed by atoms with Crippen molar-refractivity contribution in [2.75, 3.05) is 5.73 Å². The molecule has 0 spiro atoms. The highest BCUT2D eigenvalue weighted by Crippen LogP contribution is 2.20. The number of nitrogen functional groups attached to an aromatic ring is 1. The van der Waals surface area contributed by atoms with Gasteiger partial charge in [-0.25, -0.2) is 9.50 Å². The Labute approximate surface area is 106 Å². The van der Waals surface area contributed by atoms with Crippen molar-refractivity contribution < 1.29 is 0 Å². The molecule has 0 aliphatic carbocycles. The molecule has 0 bridgehead atoms. The molecule has 17 heavy (non-hydrogen) atoms. The van der Waals surface area contributed by atoms with Crippen LogP contribution >= 0.6 is 15.9 Å². The number of anilines is 1. The Morgan fingerprint density at radius 2 is 2.06 bits per heavy atom. The predicted molar refractivity (Wildman–Crippen MR) is 70.5 cm³/mol. The molecule has 0 atom stereocenters. The number of halogens is 1. The van der Waals surface area contributed by atoms with Crippen molar-refractivity contribution in [2.45, 2.75) is 0 Å². The molecule has 2 N–H and O–H groups in total. The summed E-state index contributed by atoms with van der Waals surface area (Å²) in [6.45, 7) is 0. The molecule has 2 aromatic heterocycles. The summed E-state index contributed by atoms with van der Waals surface area (Å²) in [6.07, 6.45) is 1.80. The number of hydrogen-bond donors (Lipinski definition) is 1. The lowest BCUT2D eigenvalue weighted by Crippen LogP contribution is -1.89. The molecule has 0 amide bonds. The van der Waals surface area contributed by atoms with Gasteiger partial charge in [0.2, 0.25) is 0 Å². The van der Waals surface area contributed by atoms with Gasteiger partial charge in [-0.2, -0.15) is 0 Å². The molecule has 5 heteroatoms. The lowest BCUT2D eigenvalue weighted by Gasteiger charge is -1.94. The van der Waals surface area contributed by atoms with E-state index in [0.29, 0.717) is 11.5 Å². The summed E-state index contributed by atoms with van der Waals surface area (Å²) in [7, 11) is 0. The van der Waals surface area contributed by atoms with Gasteiger partial charge in [0.25, 0.3) is 0 Å². The molecular weight excluding hydrogens is 280 g/mol. The highest BCUT2D eigenvalue weighted by Gasteiger charge is 2.06. The van der Waals surface area contributed by atoms with Crippen molar-refractivity contribution in [1.29, 1.82) is 0 Å². The number of aromatic nitrogens is 3. The van der Waals surface area contributed by atoms with Gasteiger partial charge in [0.15, 0.2) is 11.5 Å². The Hall–Kier alpha value is -1.88. The van der Waals surface area contributed by atoms with E-state index in [2.05, 4.69) is 26.0 Å². The molecule has 0 aliphatic heterocycles. The summed E-state index contributed by atoms with van der Waals surface area (Å²) < 4.78 is 2.72. The zero-order chi connectivity index (χ0) is 11.8. The summed E-state index contributed by atoms with van der Waals surface area (Å²) in [5.41, 5.74) is 8.12. The third kappa shape index (κ3) is 1.89. The molecule has 3 aromatic rings. The fourth-order valence-corrected chi connectivity index (χ4v) is 2.05. The van der Waals surface area contributed by atoms with Crippen LogP contribution in [-0.4, -0.2) is 14.6 Å². The first-order valence-corrected chi connectivity index (χ1v) is 5.89. The smallest absolute Gasteiger partial charge is 0.182 e. The van der Waals surface area contributed by atoms with Crippen LogP contribution in [0.25, 0.3) is 17.0 Å². The fourth-order valence-electron chi connectivity index (χ4n) is 1.65. The normalized spacial score (nSPS) is 10.9. The molecule has 84 valence electrons. The number of fused-ring (bicyclic) bond motifs is 1. The quantitative estimate of drug-likeness (QED) is 0.749. The first kappa shape index (κ1) is 10.3. The average Bonchev–Trinajstić information content (AvgIpc) is 2.72. The molecule has 0 saturated heterocycles. The molecular formula is C12H9BrN4. The zero-order valence-corrected chi connectivity index (χ0v) is 10.4. The van der Waals surface area contributed by atoms with Crippen LogP contribution in [0.4, 0.5) is 5.69 Å². The molecule has 4 nitrogen and oxygen atoms in total. The molecule has 0 unspecified atom stereocenters. The molecule has 2 heterocycles. The first-order valence-electron chi connectivity index (χ1n) is 5.10. The van der Waals surface area contributed by atoms with Gasteiger partial charge in [-0.1, -0.05) is 28.1 Å². The number of rotatable bonds is 1. The highest BCUT2D eigenvalue weighted by atomic mass is 79.9. The van der Waals surface area contributed by atoms with Crippen LogP contribution in [0.5, 0.6) is 0 Å². The number of hydrogen-bond acceptors (Lipinski definition) is 3. The second kappa shape index (κ2) is 3.85. The van der Waals surface area contributed by atoms with E-state index in [9.17, 15) is 0 Å². The first-order chi connectivity index (χ1) is 8.22. The van der Waals surface area contributed by atoms with E-state index in [1.54, 1.807) is 22.8 Å². The summed E-state index contributed by atoms with van der Waals surface area (Å²) in [5.74, 6) is 0.692. The lowest BCUT2D eigenvalue weighted by atomic mass is 10.2. The highest BCUT2D eigenvalue weighted by molar-refractivity contribution is 9.10. The lowest BCUT2D eigenvalue weighted by molar-refractivity contribution is 0.966. The summed E-state index contributed by atoms with van der Waals surface area (Å²) in [6, 6.07) is 11.5. The predicted octanol–water partition coefficient (Wildman–Crippen LogP) is 2.74. The Morgan fingerprint density at radius 1 is 1.18 bits per heavy atom. The number of benzene rings is 1. The van der Waals surface area contributed by atoms with Crippen LogP contribution in [0, 0.1) is 0 Å². The van der Waals surface area contributed by atoms with Crippen LogP contribution in [0.15, 0.2) is 47.1 Å². The third-order valence-electron chi connectivity index (χ3n) is 2.44. The number of nitrogens with zero attached hydrogens (tertiary/aromatic N) is 3. The van der Waals surface area contributed by atoms with E-state index in [-0.39, 0.29) is 0 Å². The van der Waals surface area contributed by atoms with Crippen LogP contribution < -0.4 is 5.73 Å². The molecule has 1 aromatic carbocycles. The van der Waals surface area contributed by atoms with E-state index in [1.807, 2.05) is 24.3 Å². The van der Waals surface area contributed by atoms with E-state index in [4.69, 9.17) is 5.73 Å². The SMILES string of the molecule is Nc1ccn2nc(-c3cccc(Br)c3)nc2c1. The Morgan fingerprint density at radius 3 is 2.88 bits per heavy atom. The van der Waals surface area contributed by atoms with E-state index in [0.717, 1.165) is 15.7 Å². The standard InChI is InChI=1S/C12H9BrN4/c13-9-3-1-2-8(6-9)12-15-11-7-10(14)4-5-17(11)16-12/h1-7H,14H2. The van der Waals surface area contributed by atoms with Crippen LogP contribution in [0.1, 0.15) is 0 Å². The summed E-state index contributed by atoms with van der Waals surface area (Å²) in [4.78, 5) is 4.44. The van der Waals surface area contributed by atoms with E-state index < -0.39 is 0 Å². The van der Waals surface area contributed by atoms with Gasteiger partial charge in [-0.3, -0.25) is 0 Å². The zero-order valence-electron chi connectivity index (χ0n) is 8.84. The van der Waals surface area contributed by atoms with Gasteiger partial charge < -0.3 is 5.73 Å². The maximum absolute atomic E-state index is 5.71. The molecule has 0 fully saturated rings. The van der Waals surface area contributed by atoms with Gasteiger partial charge in [0.05, 0.1) is 0 Å². The molecule has 0 saturated carbocycles. The van der Waals surface area contributed by atoms with Gasteiger partial charge in [-0.15, -0.1) is 5.10 Å². The third-order valence-corrected chi connectivity index (χ3v) is 2.94. The largest absolute Gasteiger partial charge is 0.399 e. The van der Waals surface area contributed by atoms with Crippen molar-refractivity contribution in [2.24, 2.45) is 0 Å². The van der Waals surface area contributed by atoms with Crippen LogP contribution in [0.3, 0.4) is 0 Å². The molecule has 3 rings (SSSR count). The van der Waals surface area contributed by atoms with Crippen LogP contribution in [0.2, 0.25) is 0 Å². The van der Waals surface area contributed by atoms with Crippen molar-refractivity contribution in [3.8, 4) is 11.4 Å². The molecule has 0 radical (unpaired) electrons. The number of pyridine rings is 1. The maximum Gasteiger partial charge on any atom is 0.182 e.